The predicted molar refractivity (Wildman–Crippen MR) is 121 cm³/mol. The number of carbonyl (C=O) groups is 2. The molecular weight excluding hydrogens is 408 g/mol. The molecule has 4 atom stereocenters. The van der Waals surface area contributed by atoms with Crippen LogP contribution in [0.15, 0.2) is 60.4 Å². The Hall–Kier alpha value is -2.86. The lowest BCUT2D eigenvalue weighted by atomic mass is 9.90. The third-order valence-electron chi connectivity index (χ3n) is 5.73. The first kappa shape index (κ1) is 23.8. The van der Waals surface area contributed by atoms with Crippen LogP contribution in [0.5, 0.6) is 0 Å². The molecule has 1 heterocycles. The summed E-state index contributed by atoms with van der Waals surface area (Å²) < 4.78 is 16.5. The van der Waals surface area contributed by atoms with Crippen molar-refractivity contribution in [1.82, 2.24) is 0 Å². The second-order valence-electron chi connectivity index (χ2n) is 8.26. The fourth-order valence-corrected chi connectivity index (χ4v) is 3.52. The molecule has 172 valence electrons. The van der Waals surface area contributed by atoms with Gasteiger partial charge in [0.1, 0.15) is 18.5 Å². The van der Waals surface area contributed by atoms with Crippen LogP contribution in [0.2, 0.25) is 0 Å². The van der Waals surface area contributed by atoms with E-state index < -0.39 is 12.2 Å². The molecule has 2 aliphatic rings. The Morgan fingerprint density at radius 3 is 2.72 bits per heavy atom. The second kappa shape index (κ2) is 11.7. The Kier molecular flexibility index (Phi) is 8.68. The molecule has 0 spiro atoms. The van der Waals surface area contributed by atoms with Crippen LogP contribution in [-0.4, -0.2) is 42.5 Å². The van der Waals surface area contributed by atoms with E-state index in [-0.39, 0.29) is 30.4 Å². The quantitative estimate of drug-likeness (QED) is 0.410. The Bertz CT molecular complexity index is 870. The summed E-state index contributed by atoms with van der Waals surface area (Å²) in [6.45, 7) is 4.33. The maximum absolute atomic E-state index is 12.4. The number of ether oxygens (including phenoxy) is 3. The van der Waals surface area contributed by atoms with Crippen molar-refractivity contribution in [3.05, 3.63) is 66.0 Å². The van der Waals surface area contributed by atoms with Gasteiger partial charge in [-0.3, -0.25) is 4.79 Å². The van der Waals surface area contributed by atoms with Crippen LogP contribution in [-0.2, 0) is 23.8 Å². The topological polar surface area (TPSA) is 82.1 Å². The lowest BCUT2D eigenvalue weighted by Crippen LogP contribution is -2.30. The van der Waals surface area contributed by atoms with Gasteiger partial charge in [0.15, 0.2) is 0 Å². The predicted octanol–water partition coefficient (Wildman–Crippen LogP) is 4.20. The van der Waals surface area contributed by atoms with E-state index in [0.717, 1.165) is 18.4 Å². The number of unbranched alkanes of at least 4 members (excludes halogenated alkanes) is 1. The van der Waals surface area contributed by atoms with E-state index in [4.69, 9.17) is 14.2 Å². The number of aliphatic hydroxyl groups excluding tert-OH is 1. The van der Waals surface area contributed by atoms with Gasteiger partial charge in [0.05, 0.1) is 24.2 Å². The van der Waals surface area contributed by atoms with Crippen LogP contribution in [0.1, 0.15) is 45.1 Å². The van der Waals surface area contributed by atoms with Crippen LogP contribution < -0.4 is 0 Å². The van der Waals surface area contributed by atoms with Gasteiger partial charge in [0, 0.05) is 5.92 Å². The Morgan fingerprint density at radius 2 is 1.97 bits per heavy atom. The molecule has 1 aliphatic heterocycles. The van der Waals surface area contributed by atoms with Crippen LogP contribution >= 0.6 is 0 Å². The monoisotopic (exact) mass is 440 g/mol. The van der Waals surface area contributed by atoms with Crippen molar-refractivity contribution in [2.45, 2.75) is 51.7 Å². The SMILES string of the molecule is CCC(C)C(=O)OCCCCC(O)COC1=CC2OC(=O)C(c3ccccc3)=CC2C=C1. The smallest absolute Gasteiger partial charge is 0.339 e. The number of rotatable bonds is 11. The zero-order valence-corrected chi connectivity index (χ0v) is 18.7. The Balaban J connectivity index is 1.40. The fourth-order valence-electron chi connectivity index (χ4n) is 3.52. The molecule has 3 rings (SSSR count). The van der Waals surface area contributed by atoms with Crippen LogP contribution in [0.3, 0.4) is 0 Å². The first-order valence-electron chi connectivity index (χ1n) is 11.3. The number of aliphatic hydroxyl groups is 1. The van der Waals surface area contributed by atoms with Gasteiger partial charge in [-0.05, 0) is 43.4 Å². The number of hydrogen-bond donors (Lipinski definition) is 1. The van der Waals surface area contributed by atoms with Gasteiger partial charge in [0.2, 0.25) is 0 Å². The largest absolute Gasteiger partial charge is 0.491 e. The molecule has 0 fully saturated rings. The highest BCUT2D eigenvalue weighted by Gasteiger charge is 2.31. The minimum absolute atomic E-state index is 0.0432. The third kappa shape index (κ3) is 6.57. The van der Waals surface area contributed by atoms with Crippen molar-refractivity contribution in [3.8, 4) is 0 Å². The van der Waals surface area contributed by atoms with Gasteiger partial charge >= 0.3 is 11.9 Å². The van der Waals surface area contributed by atoms with Crippen molar-refractivity contribution >= 4 is 17.5 Å². The summed E-state index contributed by atoms with van der Waals surface area (Å²) >= 11 is 0. The number of allylic oxidation sites excluding steroid dienone is 1. The minimum Gasteiger partial charge on any atom is -0.491 e. The molecule has 0 saturated carbocycles. The second-order valence-corrected chi connectivity index (χ2v) is 8.26. The summed E-state index contributed by atoms with van der Waals surface area (Å²) in [5.41, 5.74) is 1.41. The Labute approximate surface area is 189 Å². The molecule has 0 aromatic heterocycles. The first-order valence-corrected chi connectivity index (χ1v) is 11.3. The van der Waals surface area contributed by atoms with Gasteiger partial charge in [-0.2, -0.15) is 0 Å². The van der Waals surface area contributed by atoms with E-state index in [1.165, 1.54) is 0 Å². The van der Waals surface area contributed by atoms with E-state index in [9.17, 15) is 14.7 Å². The van der Waals surface area contributed by atoms with E-state index in [0.29, 0.717) is 30.8 Å². The molecule has 1 aromatic carbocycles. The molecule has 1 aromatic rings. The van der Waals surface area contributed by atoms with Crippen molar-refractivity contribution in [2.75, 3.05) is 13.2 Å². The van der Waals surface area contributed by atoms with Gasteiger partial charge in [0.25, 0.3) is 0 Å². The molecule has 4 unspecified atom stereocenters. The summed E-state index contributed by atoms with van der Waals surface area (Å²) in [6, 6.07) is 9.47. The van der Waals surface area contributed by atoms with Crippen LogP contribution in [0, 0.1) is 11.8 Å². The van der Waals surface area contributed by atoms with Crippen molar-refractivity contribution in [3.63, 3.8) is 0 Å². The molecule has 0 saturated heterocycles. The van der Waals surface area contributed by atoms with Gasteiger partial charge in [-0.15, -0.1) is 0 Å². The van der Waals surface area contributed by atoms with Crippen molar-refractivity contribution in [1.29, 1.82) is 0 Å². The standard InChI is InChI=1S/C26H32O6/c1-3-18(2)25(28)30-14-8-7-11-21(27)17-31-22-13-12-20-15-23(19-9-5-4-6-10-19)26(29)32-24(20)16-22/h4-6,9-10,12-13,15-16,18,20-21,24,27H,3,7-8,11,14,17H2,1-2H3. The molecular formula is C26H32O6. The average molecular weight is 441 g/mol. The highest BCUT2D eigenvalue weighted by molar-refractivity contribution is 6.17. The fraction of sp³-hybridized carbons (Fsp3) is 0.462. The van der Waals surface area contributed by atoms with Gasteiger partial charge < -0.3 is 19.3 Å². The molecule has 0 bridgehead atoms. The summed E-state index contributed by atoms with van der Waals surface area (Å²) in [6.07, 6.45) is 9.25. The lowest BCUT2D eigenvalue weighted by Gasteiger charge is -2.29. The van der Waals surface area contributed by atoms with Gasteiger partial charge in [-0.25, -0.2) is 4.79 Å². The molecule has 1 N–H and O–H groups in total. The van der Waals surface area contributed by atoms with E-state index in [1.54, 1.807) is 6.08 Å². The third-order valence-corrected chi connectivity index (χ3v) is 5.73. The highest BCUT2D eigenvalue weighted by Crippen LogP contribution is 2.31. The summed E-state index contributed by atoms with van der Waals surface area (Å²) in [4.78, 5) is 24.1. The van der Waals surface area contributed by atoms with E-state index in [2.05, 4.69) is 0 Å². The zero-order valence-electron chi connectivity index (χ0n) is 18.7. The summed E-state index contributed by atoms with van der Waals surface area (Å²) in [7, 11) is 0. The summed E-state index contributed by atoms with van der Waals surface area (Å²) in [5, 5.41) is 10.2. The molecule has 0 radical (unpaired) electrons. The molecule has 1 aliphatic carbocycles. The number of carbonyl (C=O) groups excluding carboxylic acids is 2. The van der Waals surface area contributed by atoms with Gasteiger partial charge in [-0.1, -0.05) is 56.3 Å². The minimum atomic E-state index is -0.620. The molecule has 6 nitrogen and oxygen atoms in total. The van der Waals surface area contributed by atoms with E-state index >= 15 is 0 Å². The molecule has 6 heteroatoms. The molecule has 0 amide bonds. The van der Waals surface area contributed by atoms with Crippen LogP contribution in [0.25, 0.3) is 5.57 Å². The Morgan fingerprint density at radius 1 is 1.19 bits per heavy atom. The maximum atomic E-state index is 12.4. The molecule has 32 heavy (non-hydrogen) atoms. The van der Waals surface area contributed by atoms with Crippen LogP contribution in [0.4, 0.5) is 0 Å². The normalized spacial score (nSPS) is 21.5. The number of fused-ring (bicyclic) bond motifs is 1. The first-order chi connectivity index (χ1) is 15.5. The number of hydrogen-bond acceptors (Lipinski definition) is 6. The van der Waals surface area contributed by atoms with E-state index in [1.807, 2.05) is 62.4 Å². The maximum Gasteiger partial charge on any atom is 0.339 e. The summed E-state index contributed by atoms with van der Waals surface area (Å²) in [5.74, 6) is -0.0537. The van der Waals surface area contributed by atoms with Crippen molar-refractivity contribution in [2.24, 2.45) is 11.8 Å². The number of esters is 2. The lowest BCUT2D eigenvalue weighted by molar-refractivity contribution is -0.148. The highest BCUT2D eigenvalue weighted by atomic mass is 16.5. The van der Waals surface area contributed by atoms with Crippen molar-refractivity contribution < 1.29 is 28.9 Å². The zero-order chi connectivity index (χ0) is 22.9. The average Bonchev–Trinajstić information content (AvgIpc) is 2.81. The number of benzene rings is 1.